The Kier molecular flexibility index (Phi) is 2.91. The minimum atomic E-state index is -1.10. The number of nitrogens with one attached hydrogen (secondary N) is 1. The third-order valence-corrected chi connectivity index (χ3v) is 4.28. The Morgan fingerprint density at radius 2 is 2.19 bits per heavy atom. The second-order valence-corrected chi connectivity index (χ2v) is 6.63. The number of hydrogen-bond acceptors (Lipinski definition) is 4. The van der Waals surface area contributed by atoms with Gasteiger partial charge in [0.2, 0.25) is 0 Å². The Morgan fingerprint density at radius 3 is 2.81 bits per heavy atom. The Morgan fingerprint density at radius 1 is 1.50 bits per heavy atom. The first-order chi connectivity index (χ1) is 7.41. The van der Waals surface area contributed by atoms with Gasteiger partial charge >= 0.3 is 104 Å². The first kappa shape index (κ1) is 11.8. The fourth-order valence-corrected chi connectivity index (χ4v) is 2.95. The summed E-state index contributed by atoms with van der Waals surface area (Å²) in [6.45, 7) is 3.67. The number of nitrogens with zero attached hydrogens (tertiary/aromatic N) is 1. The van der Waals surface area contributed by atoms with Gasteiger partial charge in [0, 0.05) is 0 Å². The van der Waals surface area contributed by atoms with Crippen LogP contribution in [0.15, 0.2) is 18.2 Å². The van der Waals surface area contributed by atoms with Gasteiger partial charge in [-0.1, -0.05) is 0 Å². The molecule has 0 radical (unpaired) electrons. The SMILES string of the molecule is CC1(C)C(=O)Nc2ccc([I-]N([O-])O)cc21. The second-order valence-electron chi connectivity index (χ2n) is 4.08. The molecule has 0 unspecified atom stereocenters. The summed E-state index contributed by atoms with van der Waals surface area (Å²) in [5.74, 6) is -0.0409. The molecule has 1 aromatic rings. The van der Waals surface area contributed by atoms with Gasteiger partial charge in [0.15, 0.2) is 0 Å². The summed E-state index contributed by atoms with van der Waals surface area (Å²) < 4.78 is 0.775. The average molecular weight is 334 g/mol. The Balaban J connectivity index is 2.40. The van der Waals surface area contributed by atoms with Crippen LogP contribution in [0, 0.1) is 8.78 Å². The van der Waals surface area contributed by atoms with Crippen molar-refractivity contribution in [3.05, 3.63) is 32.5 Å². The fourth-order valence-electron chi connectivity index (χ4n) is 1.68. The number of rotatable bonds is 2. The van der Waals surface area contributed by atoms with Crippen LogP contribution < -0.4 is 26.8 Å². The van der Waals surface area contributed by atoms with Crippen molar-refractivity contribution >= 4 is 11.6 Å². The molecule has 1 amide bonds. The molecule has 0 spiro atoms. The summed E-state index contributed by atoms with van der Waals surface area (Å²) in [6.07, 6.45) is 0. The molecule has 2 N–H and O–H groups in total. The molecular formula is C10H11IN2O3-2. The summed E-state index contributed by atoms with van der Waals surface area (Å²) in [6, 6.07) is 5.36. The molecule has 1 aromatic carbocycles. The zero-order valence-electron chi connectivity index (χ0n) is 8.82. The van der Waals surface area contributed by atoms with Crippen LogP contribution in [0.4, 0.5) is 5.69 Å². The maximum absolute atomic E-state index is 11.7. The number of amides is 1. The van der Waals surface area contributed by atoms with E-state index in [0.29, 0.717) is 0 Å². The van der Waals surface area contributed by atoms with E-state index in [9.17, 15) is 10.0 Å². The van der Waals surface area contributed by atoms with Crippen LogP contribution in [0.3, 0.4) is 0 Å². The van der Waals surface area contributed by atoms with E-state index in [1.807, 2.05) is 19.9 Å². The van der Waals surface area contributed by atoms with Gasteiger partial charge in [-0.15, -0.1) is 0 Å². The summed E-state index contributed by atoms with van der Waals surface area (Å²) in [5, 5.41) is 22.0. The van der Waals surface area contributed by atoms with Crippen molar-refractivity contribution in [1.82, 2.24) is 3.44 Å². The molecule has 0 fully saturated rings. The van der Waals surface area contributed by atoms with E-state index in [4.69, 9.17) is 5.21 Å². The van der Waals surface area contributed by atoms with E-state index < -0.39 is 26.9 Å². The molecule has 1 aliphatic heterocycles. The van der Waals surface area contributed by atoms with E-state index in [-0.39, 0.29) is 9.35 Å². The molecule has 88 valence electrons. The third-order valence-electron chi connectivity index (χ3n) is 2.64. The van der Waals surface area contributed by atoms with E-state index in [1.54, 1.807) is 12.1 Å². The van der Waals surface area contributed by atoms with Crippen LogP contribution >= 0.6 is 0 Å². The van der Waals surface area contributed by atoms with Crippen LogP contribution in [-0.2, 0) is 10.2 Å². The van der Waals surface area contributed by atoms with Crippen molar-refractivity contribution in [3.8, 4) is 0 Å². The van der Waals surface area contributed by atoms with E-state index >= 15 is 0 Å². The molecule has 0 aliphatic carbocycles. The van der Waals surface area contributed by atoms with Crippen LogP contribution in [0.2, 0.25) is 0 Å². The second kappa shape index (κ2) is 3.95. The molecule has 0 aromatic heterocycles. The average Bonchev–Trinajstić information content (AvgIpc) is 2.39. The molecule has 5 nitrogen and oxygen atoms in total. The first-order valence-corrected chi connectivity index (χ1v) is 6.73. The predicted molar refractivity (Wildman–Crippen MR) is 53.8 cm³/mol. The fraction of sp³-hybridized carbons (Fsp3) is 0.300. The number of carbonyl (C=O) groups is 1. The normalized spacial score (nSPS) is 17.7. The molecule has 0 saturated heterocycles. The van der Waals surface area contributed by atoms with Crippen LogP contribution in [0.5, 0.6) is 0 Å². The van der Waals surface area contributed by atoms with E-state index in [0.717, 1.165) is 14.8 Å². The number of benzene rings is 1. The quantitative estimate of drug-likeness (QED) is 0.383. The van der Waals surface area contributed by atoms with Crippen molar-refractivity contribution in [3.63, 3.8) is 0 Å². The Labute approximate surface area is 104 Å². The standard InChI is InChI=1S/C10H11IN2O3/c1-10(2)7-5-6(11-13(15)16)3-4-8(7)12-9(10)14/h3-5,15H,1-2H3,(H,12,14)/q-2. The molecule has 0 saturated carbocycles. The van der Waals surface area contributed by atoms with Gasteiger partial charge < -0.3 is 0 Å². The van der Waals surface area contributed by atoms with Gasteiger partial charge in [-0.25, -0.2) is 0 Å². The molecule has 16 heavy (non-hydrogen) atoms. The van der Waals surface area contributed by atoms with Gasteiger partial charge in [-0.05, 0) is 0 Å². The number of halogens is 1. The zero-order valence-corrected chi connectivity index (χ0v) is 11.0. The van der Waals surface area contributed by atoms with Gasteiger partial charge in [0.1, 0.15) is 0 Å². The summed E-state index contributed by atoms with van der Waals surface area (Å²) in [7, 11) is 0. The zero-order chi connectivity index (χ0) is 11.9. The Hall–Kier alpha value is -0.700. The molecule has 6 heteroatoms. The third kappa shape index (κ3) is 1.93. The van der Waals surface area contributed by atoms with Crippen molar-refractivity contribution < 1.29 is 31.5 Å². The van der Waals surface area contributed by atoms with Gasteiger partial charge in [0.05, 0.1) is 0 Å². The van der Waals surface area contributed by atoms with Crippen molar-refractivity contribution in [1.29, 1.82) is 0 Å². The van der Waals surface area contributed by atoms with E-state index in [1.165, 1.54) is 0 Å². The summed E-state index contributed by atoms with van der Waals surface area (Å²) in [5.41, 5.74) is 1.10. The number of hydrogen-bond donors (Lipinski definition) is 2. The number of anilines is 1. The van der Waals surface area contributed by atoms with Gasteiger partial charge in [-0.2, -0.15) is 0 Å². The van der Waals surface area contributed by atoms with Crippen molar-refractivity contribution in [2.24, 2.45) is 0 Å². The first-order valence-electron chi connectivity index (χ1n) is 4.68. The van der Waals surface area contributed by atoms with Crippen LogP contribution in [-0.4, -0.2) is 14.6 Å². The number of carbonyl (C=O) groups excluding carboxylic acids is 1. The van der Waals surface area contributed by atoms with Crippen LogP contribution in [0.25, 0.3) is 0 Å². The summed E-state index contributed by atoms with van der Waals surface area (Å²) in [4.78, 5) is 11.7. The molecule has 2 rings (SSSR count). The maximum atomic E-state index is 11.7. The monoisotopic (exact) mass is 334 g/mol. The van der Waals surface area contributed by atoms with Crippen molar-refractivity contribution in [2.45, 2.75) is 19.3 Å². The van der Waals surface area contributed by atoms with Crippen LogP contribution in [0.1, 0.15) is 19.4 Å². The molecule has 1 aliphatic rings. The molecule has 1 heterocycles. The summed E-state index contributed by atoms with van der Waals surface area (Å²) >= 11 is -1.10. The Bertz CT molecular complexity index is 446. The topological polar surface area (TPSA) is 75.6 Å². The number of fused-ring (bicyclic) bond motifs is 1. The molecule has 0 atom stereocenters. The predicted octanol–water partition coefficient (Wildman–Crippen LogP) is -1.72. The van der Waals surface area contributed by atoms with E-state index in [2.05, 4.69) is 5.32 Å². The molecular weight excluding hydrogens is 323 g/mol. The van der Waals surface area contributed by atoms with Gasteiger partial charge in [-0.3, -0.25) is 0 Å². The minimum absolute atomic E-state index is 0.0161. The van der Waals surface area contributed by atoms with Crippen molar-refractivity contribution in [2.75, 3.05) is 5.32 Å². The van der Waals surface area contributed by atoms with Gasteiger partial charge in [0.25, 0.3) is 0 Å². The molecule has 0 bridgehead atoms.